The van der Waals surface area contributed by atoms with Crippen molar-refractivity contribution in [2.24, 2.45) is 0 Å². The maximum Gasteiger partial charge on any atom is 0.0949 e. The molecule has 3 atom stereocenters. The Morgan fingerprint density at radius 1 is 1.47 bits per heavy atom. The van der Waals surface area contributed by atoms with Gasteiger partial charge in [0.15, 0.2) is 0 Å². The molecule has 0 saturated heterocycles. The van der Waals surface area contributed by atoms with Crippen molar-refractivity contribution < 1.29 is 0 Å². The normalized spacial score (nSPS) is 24.7. The van der Waals surface area contributed by atoms with Gasteiger partial charge in [0.05, 0.1) is 17.0 Å². The summed E-state index contributed by atoms with van der Waals surface area (Å²) < 4.78 is 2.24. The SMILES string of the molecule is Cc1nc(C(C)NC2CCCC2n2ccnc2)cs1. The zero-order chi connectivity index (χ0) is 13.2. The Bertz CT molecular complexity index is 519. The fraction of sp³-hybridized carbons (Fsp3) is 0.571. The number of rotatable bonds is 4. The minimum atomic E-state index is 0.319. The third kappa shape index (κ3) is 2.72. The van der Waals surface area contributed by atoms with Gasteiger partial charge in [-0.25, -0.2) is 9.97 Å². The van der Waals surface area contributed by atoms with Gasteiger partial charge in [-0.05, 0) is 33.1 Å². The van der Waals surface area contributed by atoms with E-state index in [1.54, 1.807) is 11.3 Å². The molecule has 0 radical (unpaired) electrons. The summed E-state index contributed by atoms with van der Waals surface area (Å²) in [5.41, 5.74) is 1.17. The summed E-state index contributed by atoms with van der Waals surface area (Å²) in [5.74, 6) is 0. The number of nitrogens with zero attached hydrogens (tertiary/aromatic N) is 3. The van der Waals surface area contributed by atoms with Crippen molar-refractivity contribution in [3.05, 3.63) is 34.8 Å². The molecule has 1 fully saturated rings. The van der Waals surface area contributed by atoms with Crippen molar-refractivity contribution >= 4 is 11.3 Å². The molecule has 19 heavy (non-hydrogen) atoms. The molecular formula is C14H20N4S. The van der Waals surface area contributed by atoms with Gasteiger partial charge < -0.3 is 9.88 Å². The molecule has 1 aliphatic rings. The van der Waals surface area contributed by atoms with Gasteiger partial charge in [-0.3, -0.25) is 0 Å². The Morgan fingerprint density at radius 2 is 2.37 bits per heavy atom. The van der Waals surface area contributed by atoms with Crippen molar-refractivity contribution in [3.8, 4) is 0 Å². The first-order chi connectivity index (χ1) is 9.24. The Labute approximate surface area is 117 Å². The van der Waals surface area contributed by atoms with Gasteiger partial charge in [-0.1, -0.05) is 0 Å². The predicted molar refractivity (Wildman–Crippen MR) is 77.3 cm³/mol. The second kappa shape index (κ2) is 5.43. The monoisotopic (exact) mass is 276 g/mol. The Hall–Kier alpha value is -1.20. The van der Waals surface area contributed by atoms with E-state index in [0.717, 1.165) is 5.01 Å². The Kier molecular flexibility index (Phi) is 3.66. The van der Waals surface area contributed by atoms with Crippen LogP contribution in [0.3, 0.4) is 0 Å². The van der Waals surface area contributed by atoms with Crippen LogP contribution in [0.1, 0.15) is 49.0 Å². The predicted octanol–water partition coefficient (Wildman–Crippen LogP) is 3.09. The third-order valence-electron chi connectivity index (χ3n) is 3.93. The second-order valence-corrected chi connectivity index (χ2v) is 6.36. The topological polar surface area (TPSA) is 42.7 Å². The summed E-state index contributed by atoms with van der Waals surface area (Å²) in [6.07, 6.45) is 9.61. The quantitative estimate of drug-likeness (QED) is 0.933. The zero-order valence-corrected chi connectivity index (χ0v) is 12.2. The average Bonchev–Trinajstić information content (AvgIpc) is 3.07. The summed E-state index contributed by atoms with van der Waals surface area (Å²) in [6, 6.07) is 1.37. The van der Waals surface area contributed by atoms with Gasteiger partial charge in [-0.2, -0.15) is 0 Å². The van der Waals surface area contributed by atoms with Gasteiger partial charge in [0.1, 0.15) is 0 Å². The zero-order valence-electron chi connectivity index (χ0n) is 11.4. The molecule has 1 saturated carbocycles. The van der Waals surface area contributed by atoms with Crippen molar-refractivity contribution in [1.82, 2.24) is 19.9 Å². The number of thiazole rings is 1. The van der Waals surface area contributed by atoms with Crippen LogP contribution in [0.15, 0.2) is 24.1 Å². The lowest BCUT2D eigenvalue weighted by molar-refractivity contribution is 0.360. The minimum absolute atomic E-state index is 0.319. The van der Waals surface area contributed by atoms with E-state index in [0.29, 0.717) is 18.1 Å². The molecule has 4 nitrogen and oxygen atoms in total. The summed E-state index contributed by atoms with van der Waals surface area (Å²) in [5, 5.41) is 7.04. The van der Waals surface area contributed by atoms with Gasteiger partial charge in [0, 0.05) is 35.9 Å². The lowest BCUT2D eigenvalue weighted by Gasteiger charge is -2.25. The van der Waals surface area contributed by atoms with Crippen LogP contribution in [-0.2, 0) is 0 Å². The molecule has 2 heterocycles. The smallest absolute Gasteiger partial charge is 0.0949 e. The van der Waals surface area contributed by atoms with E-state index in [1.165, 1.54) is 25.0 Å². The largest absolute Gasteiger partial charge is 0.333 e. The molecule has 102 valence electrons. The second-order valence-electron chi connectivity index (χ2n) is 5.29. The lowest BCUT2D eigenvalue weighted by Crippen LogP contribution is -2.35. The van der Waals surface area contributed by atoms with Gasteiger partial charge in [0.25, 0.3) is 0 Å². The van der Waals surface area contributed by atoms with E-state index in [1.807, 2.05) is 12.5 Å². The molecule has 0 amide bonds. The van der Waals surface area contributed by atoms with Crippen LogP contribution in [0, 0.1) is 6.92 Å². The molecule has 0 aromatic carbocycles. The van der Waals surface area contributed by atoms with E-state index >= 15 is 0 Å². The Balaban J connectivity index is 1.68. The number of aromatic nitrogens is 3. The van der Waals surface area contributed by atoms with Crippen molar-refractivity contribution in [2.75, 3.05) is 0 Å². The number of hydrogen-bond donors (Lipinski definition) is 1. The van der Waals surface area contributed by atoms with E-state index in [4.69, 9.17) is 0 Å². The standard InChI is InChI=1S/C14H20N4S/c1-10(13-8-19-11(2)17-13)16-12-4-3-5-14(12)18-7-6-15-9-18/h6-10,12,14,16H,3-5H2,1-2H3. The van der Waals surface area contributed by atoms with E-state index < -0.39 is 0 Å². The van der Waals surface area contributed by atoms with E-state index in [2.05, 4.69) is 45.3 Å². The van der Waals surface area contributed by atoms with Gasteiger partial charge in [-0.15, -0.1) is 11.3 Å². The lowest BCUT2D eigenvalue weighted by atomic mass is 10.1. The molecular weight excluding hydrogens is 256 g/mol. The van der Waals surface area contributed by atoms with Crippen LogP contribution in [0.25, 0.3) is 0 Å². The highest BCUT2D eigenvalue weighted by Gasteiger charge is 2.29. The van der Waals surface area contributed by atoms with Crippen LogP contribution >= 0.6 is 11.3 Å². The summed E-state index contributed by atoms with van der Waals surface area (Å²) >= 11 is 1.72. The maximum absolute atomic E-state index is 4.58. The van der Waals surface area contributed by atoms with Crippen molar-refractivity contribution in [2.45, 2.75) is 51.2 Å². The van der Waals surface area contributed by atoms with E-state index in [9.17, 15) is 0 Å². The van der Waals surface area contributed by atoms with Crippen LogP contribution in [-0.4, -0.2) is 20.6 Å². The summed E-state index contributed by atoms with van der Waals surface area (Å²) in [6.45, 7) is 4.27. The highest BCUT2D eigenvalue weighted by molar-refractivity contribution is 7.09. The molecule has 0 bridgehead atoms. The average molecular weight is 276 g/mol. The van der Waals surface area contributed by atoms with Crippen LogP contribution in [0.4, 0.5) is 0 Å². The molecule has 3 unspecified atom stereocenters. The fourth-order valence-electron chi connectivity index (χ4n) is 2.94. The Morgan fingerprint density at radius 3 is 3.05 bits per heavy atom. The maximum atomic E-state index is 4.58. The first-order valence-corrected chi connectivity index (χ1v) is 7.77. The third-order valence-corrected chi connectivity index (χ3v) is 4.72. The highest BCUT2D eigenvalue weighted by Crippen LogP contribution is 2.31. The number of aryl methyl sites for hydroxylation is 1. The van der Waals surface area contributed by atoms with Crippen molar-refractivity contribution in [1.29, 1.82) is 0 Å². The summed E-state index contributed by atoms with van der Waals surface area (Å²) in [7, 11) is 0. The molecule has 5 heteroatoms. The molecule has 1 aliphatic carbocycles. The fourth-order valence-corrected chi connectivity index (χ4v) is 3.65. The molecule has 1 N–H and O–H groups in total. The van der Waals surface area contributed by atoms with Crippen LogP contribution < -0.4 is 5.32 Å². The molecule has 0 aliphatic heterocycles. The number of imidazole rings is 1. The molecule has 0 spiro atoms. The number of nitrogens with one attached hydrogen (secondary N) is 1. The molecule has 2 aromatic heterocycles. The van der Waals surface area contributed by atoms with Gasteiger partial charge >= 0.3 is 0 Å². The number of hydrogen-bond acceptors (Lipinski definition) is 4. The van der Waals surface area contributed by atoms with Gasteiger partial charge in [0.2, 0.25) is 0 Å². The van der Waals surface area contributed by atoms with Crippen LogP contribution in [0.5, 0.6) is 0 Å². The first-order valence-electron chi connectivity index (χ1n) is 6.89. The van der Waals surface area contributed by atoms with Crippen molar-refractivity contribution in [3.63, 3.8) is 0 Å². The molecule has 3 rings (SSSR count). The van der Waals surface area contributed by atoms with E-state index in [-0.39, 0.29) is 0 Å². The highest BCUT2D eigenvalue weighted by atomic mass is 32.1. The summed E-state index contributed by atoms with van der Waals surface area (Å²) in [4.78, 5) is 8.74. The molecule has 2 aromatic rings. The minimum Gasteiger partial charge on any atom is -0.333 e. The first kappa shape index (κ1) is 12.8. The van der Waals surface area contributed by atoms with Crippen LogP contribution in [0.2, 0.25) is 0 Å².